The number of carbonyl (C=O) groups excluding carboxylic acids is 1. The fourth-order valence-corrected chi connectivity index (χ4v) is 1.70. The summed E-state index contributed by atoms with van der Waals surface area (Å²) in [7, 11) is 1.54. The predicted octanol–water partition coefficient (Wildman–Crippen LogP) is 0.136. The van der Waals surface area contributed by atoms with Gasteiger partial charge in [-0.3, -0.25) is 4.79 Å². The van der Waals surface area contributed by atoms with E-state index < -0.39 is 0 Å². The highest BCUT2D eigenvalue weighted by atomic mass is 16.5. The zero-order valence-corrected chi connectivity index (χ0v) is 9.27. The number of hydrogen-bond acceptors (Lipinski definition) is 4. The fourth-order valence-electron chi connectivity index (χ4n) is 1.70. The number of carbonyl (C=O) groups is 1. The number of rotatable bonds is 2. The van der Waals surface area contributed by atoms with Crippen molar-refractivity contribution in [1.82, 2.24) is 15.2 Å². The van der Waals surface area contributed by atoms with Crippen LogP contribution >= 0.6 is 0 Å². The molecule has 2 rings (SSSR count). The van der Waals surface area contributed by atoms with Crippen molar-refractivity contribution in [2.24, 2.45) is 0 Å². The lowest BCUT2D eigenvalue weighted by atomic mass is 10.2. The summed E-state index contributed by atoms with van der Waals surface area (Å²) in [5, 5.41) is 3.21. The van der Waals surface area contributed by atoms with E-state index in [1.54, 1.807) is 25.4 Å². The van der Waals surface area contributed by atoms with Crippen molar-refractivity contribution in [3.63, 3.8) is 0 Å². The number of nitrogens with zero attached hydrogens (tertiary/aromatic N) is 2. The first kappa shape index (κ1) is 10.9. The molecule has 0 aromatic carbocycles. The number of hydrogen-bond donors (Lipinski definition) is 1. The Labute approximate surface area is 94.4 Å². The lowest BCUT2D eigenvalue weighted by molar-refractivity contribution is 0.0735. The zero-order valence-electron chi connectivity index (χ0n) is 9.27. The molecule has 1 fully saturated rings. The molecule has 5 nitrogen and oxygen atoms in total. The summed E-state index contributed by atoms with van der Waals surface area (Å²) in [6.07, 6.45) is 1.59. The van der Waals surface area contributed by atoms with E-state index >= 15 is 0 Å². The molecule has 1 aromatic heterocycles. The van der Waals surface area contributed by atoms with Crippen LogP contribution in [0.5, 0.6) is 5.88 Å². The Bertz CT molecular complexity index is 375. The summed E-state index contributed by atoms with van der Waals surface area (Å²) in [6, 6.07) is 3.39. The normalized spacial score (nSPS) is 15.9. The van der Waals surface area contributed by atoms with Crippen molar-refractivity contribution in [2.75, 3.05) is 33.3 Å². The Morgan fingerprint density at radius 3 is 2.94 bits per heavy atom. The van der Waals surface area contributed by atoms with Crippen LogP contribution in [0.15, 0.2) is 18.3 Å². The molecule has 1 aliphatic heterocycles. The fraction of sp³-hybridized carbons (Fsp3) is 0.455. The molecule has 1 aromatic rings. The second-order valence-corrected chi connectivity index (χ2v) is 3.63. The molecule has 1 aliphatic rings. The van der Waals surface area contributed by atoms with Crippen LogP contribution in [0.4, 0.5) is 0 Å². The SMILES string of the molecule is COc1cc(C(=O)N2CCNCC2)ccn1. The van der Waals surface area contributed by atoms with Crippen molar-refractivity contribution in [2.45, 2.75) is 0 Å². The molecule has 1 N–H and O–H groups in total. The third-order valence-corrected chi connectivity index (χ3v) is 2.60. The first-order valence-electron chi connectivity index (χ1n) is 5.31. The van der Waals surface area contributed by atoms with Crippen LogP contribution in [-0.2, 0) is 0 Å². The van der Waals surface area contributed by atoms with Crippen LogP contribution in [0.2, 0.25) is 0 Å². The number of pyridine rings is 1. The molecule has 0 bridgehead atoms. The number of aromatic nitrogens is 1. The van der Waals surface area contributed by atoms with Crippen molar-refractivity contribution in [3.05, 3.63) is 23.9 Å². The van der Waals surface area contributed by atoms with Gasteiger partial charge in [-0.1, -0.05) is 0 Å². The van der Waals surface area contributed by atoms with Gasteiger partial charge in [0.05, 0.1) is 7.11 Å². The highest BCUT2D eigenvalue weighted by molar-refractivity contribution is 5.94. The van der Waals surface area contributed by atoms with Crippen molar-refractivity contribution < 1.29 is 9.53 Å². The molecule has 0 radical (unpaired) electrons. The predicted molar refractivity (Wildman–Crippen MR) is 59.6 cm³/mol. The highest BCUT2D eigenvalue weighted by Gasteiger charge is 2.18. The van der Waals surface area contributed by atoms with E-state index in [0.29, 0.717) is 11.4 Å². The second kappa shape index (κ2) is 4.94. The van der Waals surface area contributed by atoms with E-state index in [0.717, 1.165) is 26.2 Å². The van der Waals surface area contributed by atoms with Crippen LogP contribution in [0.25, 0.3) is 0 Å². The average molecular weight is 221 g/mol. The maximum absolute atomic E-state index is 12.1. The maximum Gasteiger partial charge on any atom is 0.254 e. The molecular formula is C11H15N3O2. The largest absolute Gasteiger partial charge is 0.481 e. The molecule has 86 valence electrons. The van der Waals surface area contributed by atoms with Gasteiger partial charge in [-0.2, -0.15) is 0 Å². The Balaban J connectivity index is 2.12. The number of nitrogens with one attached hydrogen (secondary N) is 1. The lowest BCUT2D eigenvalue weighted by Gasteiger charge is -2.27. The molecule has 16 heavy (non-hydrogen) atoms. The van der Waals surface area contributed by atoms with Crippen LogP contribution in [0.1, 0.15) is 10.4 Å². The van der Waals surface area contributed by atoms with Gasteiger partial charge < -0.3 is 15.0 Å². The molecule has 0 spiro atoms. The minimum Gasteiger partial charge on any atom is -0.481 e. The molecule has 1 amide bonds. The number of methoxy groups -OCH3 is 1. The Morgan fingerprint density at radius 1 is 1.50 bits per heavy atom. The first-order valence-corrected chi connectivity index (χ1v) is 5.31. The van der Waals surface area contributed by atoms with E-state index in [-0.39, 0.29) is 5.91 Å². The van der Waals surface area contributed by atoms with Crippen LogP contribution < -0.4 is 10.1 Å². The van der Waals surface area contributed by atoms with Gasteiger partial charge in [0.1, 0.15) is 0 Å². The van der Waals surface area contributed by atoms with Gasteiger partial charge in [0.25, 0.3) is 5.91 Å². The molecule has 2 heterocycles. The third-order valence-electron chi connectivity index (χ3n) is 2.60. The van der Waals surface area contributed by atoms with Gasteiger partial charge >= 0.3 is 0 Å². The first-order chi connectivity index (χ1) is 7.81. The molecule has 0 aliphatic carbocycles. The summed E-state index contributed by atoms with van der Waals surface area (Å²) < 4.78 is 5.00. The van der Waals surface area contributed by atoms with E-state index in [2.05, 4.69) is 10.3 Å². The summed E-state index contributed by atoms with van der Waals surface area (Å²) in [4.78, 5) is 17.9. The van der Waals surface area contributed by atoms with Crippen LogP contribution in [0, 0.1) is 0 Å². The van der Waals surface area contributed by atoms with Crippen molar-refractivity contribution in [3.8, 4) is 5.88 Å². The number of amides is 1. The van der Waals surface area contributed by atoms with Crippen molar-refractivity contribution in [1.29, 1.82) is 0 Å². The molecule has 1 saturated heterocycles. The Kier molecular flexibility index (Phi) is 3.36. The Morgan fingerprint density at radius 2 is 2.25 bits per heavy atom. The monoisotopic (exact) mass is 221 g/mol. The second-order valence-electron chi connectivity index (χ2n) is 3.63. The highest BCUT2D eigenvalue weighted by Crippen LogP contribution is 2.11. The minimum atomic E-state index is 0.0437. The zero-order chi connectivity index (χ0) is 11.4. The van der Waals surface area contributed by atoms with Crippen LogP contribution in [-0.4, -0.2) is 49.1 Å². The summed E-state index contributed by atoms with van der Waals surface area (Å²) in [6.45, 7) is 3.22. The standard InChI is InChI=1S/C11H15N3O2/c1-16-10-8-9(2-3-13-10)11(15)14-6-4-12-5-7-14/h2-3,8,12H,4-7H2,1H3. The molecular weight excluding hydrogens is 206 g/mol. The topological polar surface area (TPSA) is 54.5 Å². The van der Waals surface area contributed by atoms with Gasteiger partial charge in [0.2, 0.25) is 5.88 Å². The molecule has 0 atom stereocenters. The maximum atomic E-state index is 12.1. The number of ether oxygens (including phenoxy) is 1. The van der Waals surface area contributed by atoms with E-state index in [1.807, 2.05) is 4.90 Å². The third kappa shape index (κ3) is 2.30. The lowest BCUT2D eigenvalue weighted by Crippen LogP contribution is -2.46. The van der Waals surface area contributed by atoms with Gasteiger partial charge in [-0.05, 0) is 6.07 Å². The summed E-state index contributed by atoms with van der Waals surface area (Å²) in [5.41, 5.74) is 0.633. The summed E-state index contributed by atoms with van der Waals surface area (Å²) >= 11 is 0. The van der Waals surface area contributed by atoms with E-state index in [9.17, 15) is 4.79 Å². The minimum absolute atomic E-state index is 0.0437. The smallest absolute Gasteiger partial charge is 0.254 e. The number of piperazine rings is 1. The van der Waals surface area contributed by atoms with E-state index in [4.69, 9.17) is 4.74 Å². The van der Waals surface area contributed by atoms with Crippen molar-refractivity contribution >= 4 is 5.91 Å². The molecule has 0 saturated carbocycles. The average Bonchev–Trinajstić information content (AvgIpc) is 2.39. The molecule has 5 heteroatoms. The van der Waals surface area contributed by atoms with Crippen LogP contribution in [0.3, 0.4) is 0 Å². The molecule has 0 unspecified atom stereocenters. The van der Waals surface area contributed by atoms with Gasteiger partial charge in [0.15, 0.2) is 0 Å². The van der Waals surface area contributed by atoms with Gasteiger partial charge in [-0.25, -0.2) is 4.98 Å². The Hall–Kier alpha value is -1.62. The van der Waals surface area contributed by atoms with Gasteiger partial charge in [0, 0.05) is 44.0 Å². The quantitative estimate of drug-likeness (QED) is 0.771. The summed E-state index contributed by atoms with van der Waals surface area (Å²) in [5.74, 6) is 0.517. The van der Waals surface area contributed by atoms with E-state index in [1.165, 1.54) is 0 Å². The van der Waals surface area contributed by atoms with Gasteiger partial charge in [-0.15, -0.1) is 0 Å².